The maximum Gasteiger partial charge on any atom is 0.251 e. The van der Waals surface area contributed by atoms with Gasteiger partial charge in [-0.05, 0) is 30.9 Å². The van der Waals surface area contributed by atoms with Gasteiger partial charge in [0.15, 0.2) is 0 Å². The zero-order valence-corrected chi connectivity index (χ0v) is 14.6. The highest BCUT2D eigenvalue weighted by Crippen LogP contribution is 2.22. The molecule has 1 aromatic carbocycles. The van der Waals surface area contributed by atoms with Crippen LogP contribution >= 0.6 is 0 Å². The number of amides is 2. The fourth-order valence-electron chi connectivity index (χ4n) is 2.90. The summed E-state index contributed by atoms with van der Waals surface area (Å²) in [6.45, 7) is 4.13. The number of hydrogen-bond acceptors (Lipinski definition) is 4. The van der Waals surface area contributed by atoms with Gasteiger partial charge in [0, 0.05) is 37.7 Å². The molecule has 1 aliphatic rings. The second-order valence-electron chi connectivity index (χ2n) is 6.19. The zero-order valence-electron chi connectivity index (χ0n) is 14.6. The Morgan fingerprint density at radius 1 is 1.21 bits per heavy atom. The van der Waals surface area contributed by atoms with Crippen LogP contribution < -0.4 is 14.8 Å². The first-order valence-electron chi connectivity index (χ1n) is 8.32. The molecule has 6 heteroatoms. The Morgan fingerprint density at radius 2 is 1.88 bits per heavy atom. The van der Waals surface area contributed by atoms with E-state index in [2.05, 4.69) is 12.2 Å². The second-order valence-corrected chi connectivity index (χ2v) is 6.19. The van der Waals surface area contributed by atoms with Gasteiger partial charge in [-0.1, -0.05) is 6.92 Å². The molecule has 0 saturated carbocycles. The van der Waals surface area contributed by atoms with Crippen molar-refractivity contribution in [1.82, 2.24) is 10.2 Å². The monoisotopic (exact) mass is 334 g/mol. The molecule has 0 spiro atoms. The number of benzene rings is 1. The molecular formula is C18H26N2O4. The van der Waals surface area contributed by atoms with Crippen molar-refractivity contribution in [2.45, 2.75) is 26.2 Å². The van der Waals surface area contributed by atoms with Crippen LogP contribution in [0, 0.1) is 5.92 Å². The number of rotatable bonds is 6. The average Bonchev–Trinajstić information content (AvgIpc) is 2.60. The Morgan fingerprint density at radius 3 is 2.46 bits per heavy atom. The maximum absolute atomic E-state index is 12.2. The van der Waals surface area contributed by atoms with Crippen molar-refractivity contribution >= 4 is 11.8 Å². The van der Waals surface area contributed by atoms with Crippen molar-refractivity contribution in [3.05, 3.63) is 23.8 Å². The normalized spacial score (nSPS) is 17.3. The highest BCUT2D eigenvalue weighted by molar-refractivity contribution is 5.95. The molecule has 2 amide bonds. The fraction of sp³-hybridized carbons (Fsp3) is 0.556. The lowest BCUT2D eigenvalue weighted by atomic mass is 10.00. The molecule has 1 aliphatic heterocycles. The third-order valence-electron chi connectivity index (χ3n) is 4.25. The van der Waals surface area contributed by atoms with Crippen LogP contribution in [0.4, 0.5) is 0 Å². The Hall–Kier alpha value is -2.24. The molecule has 1 saturated heterocycles. The molecule has 2 rings (SSSR count). The lowest BCUT2D eigenvalue weighted by molar-refractivity contribution is -0.132. The van der Waals surface area contributed by atoms with Gasteiger partial charge in [0.1, 0.15) is 11.5 Å². The lowest BCUT2D eigenvalue weighted by Gasteiger charge is -2.31. The zero-order chi connectivity index (χ0) is 17.5. The predicted molar refractivity (Wildman–Crippen MR) is 91.5 cm³/mol. The minimum Gasteiger partial charge on any atom is -0.497 e. The Labute approximate surface area is 143 Å². The third-order valence-corrected chi connectivity index (χ3v) is 4.25. The number of carbonyl (C=O) groups excluding carboxylic acids is 2. The summed E-state index contributed by atoms with van der Waals surface area (Å²) >= 11 is 0. The number of methoxy groups -OCH3 is 2. The first-order valence-corrected chi connectivity index (χ1v) is 8.32. The summed E-state index contributed by atoms with van der Waals surface area (Å²) in [6.07, 6.45) is 2.56. The first kappa shape index (κ1) is 18.1. The average molecular weight is 334 g/mol. The Bertz CT molecular complexity index is 566. The van der Waals surface area contributed by atoms with Gasteiger partial charge in [0.25, 0.3) is 5.91 Å². The molecule has 0 aliphatic carbocycles. The van der Waals surface area contributed by atoms with Crippen molar-refractivity contribution < 1.29 is 19.1 Å². The van der Waals surface area contributed by atoms with E-state index < -0.39 is 0 Å². The standard InChI is InChI=1S/C18H26N2O4/c1-13-5-4-8-20(12-13)17(21)6-7-19-18(22)14-9-15(23-2)11-16(10-14)24-3/h9-11,13H,4-8,12H2,1-3H3,(H,19,22)/t13-/m0/s1. The van der Waals surface area contributed by atoms with E-state index in [1.807, 2.05) is 4.90 Å². The van der Waals surface area contributed by atoms with Crippen LogP contribution in [0.15, 0.2) is 18.2 Å². The molecule has 1 atom stereocenters. The van der Waals surface area contributed by atoms with Gasteiger partial charge in [-0.3, -0.25) is 9.59 Å². The van der Waals surface area contributed by atoms with Crippen LogP contribution in [0.3, 0.4) is 0 Å². The summed E-state index contributed by atoms with van der Waals surface area (Å²) in [5.74, 6) is 1.52. The van der Waals surface area contributed by atoms with E-state index in [1.54, 1.807) is 18.2 Å². The van der Waals surface area contributed by atoms with Crippen molar-refractivity contribution in [2.24, 2.45) is 5.92 Å². The third kappa shape index (κ3) is 4.88. The van der Waals surface area contributed by atoms with E-state index >= 15 is 0 Å². The second kappa shape index (κ2) is 8.57. The summed E-state index contributed by atoms with van der Waals surface area (Å²) < 4.78 is 10.3. The minimum absolute atomic E-state index is 0.102. The molecule has 6 nitrogen and oxygen atoms in total. The molecule has 0 unspecified atom stereocenters. The van der Waals surface area contributed by atoms with Crippen LogP contribution in [0.25, 0.3) is 0 Å². The molecule has 1 fully saturated rings. The summed E-state index contributed by atoms with van der Waals surface area (Å²) in [5.41, 5.74) is 0.449. The van der Waals surface area contributed by atoms with Gasteiger partial charge < -0.3 is 19.7 Å². The van der Waals surface area contributed by atoms with E-state index in [4.69, 9.17) is 9.47 Å². The number of nitrogens with zero attached hydrogens (tertiary/aromatic N) is 1. The Balaban J connectivity index is 1.85. The van der Waals surface area contributed by atoms with Gasteiger partial charge in [0.05, 0.1) is 14.2 Å². The number of hydrogen-bond donors (Lipinski definition) is 1. The molecular weight excluding hydrogens is 308 g/mol. The van der Waals surface area contributed by atoms with Gasteiger partial charge in [-0.2, -0.15) is 0 Å². The number of carbonyl (C=O) groups is 2. The van der Waals surface area contributed by atoms with Gasteiger partial charge in [0.2, 0.25) is 5.91 Å². The van der Waals surface area contributed by atoms with Gasteiger partial charge in [-0.15, -0.1) is 0 Å². The summed E-state index contributed by atoms with van der Waals surface area (Å²) in [7, 11) is 3.07. The fourth-order valence-corrected chi connectivity index (χ4v) is 2.90. The molecule has 0 bridgehead atoms. The first-order chi connectivity index (χ1) is 11.5. The quantitative estimate of drug-likeness (QED) is 0.865. The van der Waals surface area contributed by atoms with Crippen LogP contribution in [0.5, 0.6) is 11.5 Å². The summed E-state index contributed by atoms with van der Waals surface area (Å²) in [6, 6.07) is 5.00. The Kier molecular flexibility index (Phi) is 6.46. The molecule has 0 aromatic heterocycles. The summed E-state index contributed by atoms with van der Waals surface area (Å²) in [5, 5.41) is 2.79. The van der Waals surface area contributed by atoms with Crippen LogP contribution in [-0.4, -0.2) is 50.6 Å². The molecule has 1 N–H and O–H groups in total. The predicted octanol–water partition coefficient (Wildman–Crippen LogP) is 2.08. The van der Waals surface area contributed by atoms with E-state index in [9.17, 15) is 9.59 Å². The molecule has 0 radical (unpaired) electrons. The van der Waals surface area contributed by atoms with Crippen molar-refractivity contribution in [2.75, 3.05) is 33.9 Å². The van der Waals surface area contributed by atoms with Crippen LogP contribution in [0.1, 0.15) is 36.5 Å². The lowest BCUT2D eigenvalue weighted by Crippen LogP contribution is -2.40. The number of ether oxygens (including phenoxy) is 2. The van der Waals surface area contributed by atoms with Gasteiger partial charge >= 0.3 is 0 Å². The highest BCUT2D eigenvalue weighted by Gasteiger charge is 2.20. The highest BCUT2D eigenvalue weighted by atomic mass is 16.5. The topological polar surface area (TPSA) is 67.9 Å². The largest absolute Gasteiger partial charge is 0.497 e. The van der Waals surface area contributed by atoms with Crippen LogP contribution in [-0.2, 0) is 4.79 Å². The maximum atomic E-state index is 12.2. The molecule has 1 aromatic rings. The van der Waals surface area contributed by atoms with Gasteiger partial charge in [-0.25, -0.2) is 0 Å². The van der Waals surface area contributed by atoms with Crippen LogP contribution in [0.2, 0.25) is 0 Å². The molecule has 1 heterocycles. The SMILES string of the molecule is COc1cc(OC)cc(C(=O)NCCC(=O)N2CCC[C@H](C)C2)c1. The minimum atomic E-state index is -0.244. The van der Waals surface area contributed by atoms with E-state index in [1.165, 1.54) is 20.6 Å². The number of piperidine rings is 1. The molecule has 24 heavy (non-hydrogen) atoms. The van der Waals surface area contributed by atoms with Crippen molar-refractivity contribution in [1.29, 1.82) is 0 Å². The summed E-state index contributed by atoms with van der Waals surface area (Å²) in [4.78, 5) is 26.3. The van der Waals surface area contributed by atoms with E-state index in [-0.39, 0.29) is 11.8 Å². The van der Waals surface area contributed by atoms with E-state index in [0.29, 0.717) is 35.9 Å². The molecule has 132 valence electrons. The van der Waals surface area contributed by atoms with Crippen molar-refractivity contribution in [3.8, 4) is 11.5 Å². The smallest absolute Gasteiger partial charge is 0.251 e. The number of likely N-dealkylation sites (tertiary alicyclic amines) is 1. The van der Waals surface area contributed by atoms with Crippen molar-refractivity contribution in [3.63, 3.8) is 0 Å². The van der Waals surface area contributed by atoms with E-state index in [0.717, 1.165) is 19.5 Å². The number of nitrogens with one attached hydrogen (secondary N) is 1.